The number of halogens is 2. The first kappa shape index (κ1) is 20.4. The smallest absolute Gasteiger partial charge is 0.142 e. The van der Waals surface area contributed by atoms with Gasteiger partial charge in [-0.1, -0.05) is 6.07 Å². The van der Waals surface area contributed by atoms with Crippen LogP contribution in [0.3, 0.4) is 0 Å². The monoisotopic (exact) mass is 409 g/mol. The van der Waals surface area contributed by atoms with E-state index in [0.717, 1.165) is 35.4 Å². The zero-order chi connectivity index (χ0) is 16.4. The third kappa shape index (κ3) is 4.63. The summed E-state index contributed by atoms with van der Waals surface area (Å²) < 4.78 is 0. The lowest BCUT2D eigenvalue weighted by Gasteiger charge is -2.17. The fourth-order valence-electron chi connectivity index (χ4n) is 2.85. The SMILES string of the molecule is Cc1cnc(-c2cccc(Nc3ccc(N4CCCC4)cn3)n2)s1.Cl.Cl. The largest absolute Gasteiger partial charge is 0.370 e. The Morgan fingerprint density at radius 2 is 1.77 bits per heavy atom. The summed E-state index contributed by atoms with van der Waals surface area (Å²) in [5.41, 5.74) is 2.07. The highest BCUT2D eigenvalue weighted by molar-refractivity contribution is 7.14. The number of nitrogens with one attached hydrogen (secondary N) is 1. The molecular weight excluding hydrogens is 389 g/mol. The van der Waals surface area contributed by atoms with Gasteiger partial charge in [-0.05, 0) is 44.0 Å². The molecule has 0 spiro atoms. The van der Waals surface area contributed by atoms with Gasteiger partial charge in [0.05, 0.1) is 11.9 Å². The van der Waals surface area contributed by atoms with Gasteiger partial charge in [-0.15, -0.1) is 36.2 Å². The predicted octanol–water partition coefficient (Wildman–Crippen LogP) is 5.10. The molecule has 0 aromatic carbocycles. The van der Waals surface area contributed by atoms with E-state index in [1.165, 1.54) is 23.4 Å². The molecule has 3 aromatic heterocycles. The molecule has 1 aliphatic heterocycles. The summed E-state index contributed by atoms with van der Waals surface area (Å²) in [4.78, 5) is 17.1. The summed E-state index contributed by atoms with van der Waals surface area (Å²) in [6, 6.07) is 10.0. The van der Waals surface area contributed by atoms with Crippen LogP contribution < -0.4 is 10.2 Å². The summed E-state index contributed by atoms with van der Waals surface area (Å²) in [6.07, 6.45) is 6.35. The molecule has 4 rings (SSSR count). The predicted molar refractivity (Wildman–Crippen MR) is 114 cm³/mol. The Morgan fingerprint density at radius 3 is 2.42 bits per heavy atom. The number of hydrogen-bond donors (Lipinski definition) is 1. The van der Waals surface area contributed by atoms with Crippen molar-refractivity contribution < 1.29 is 0 Å². The molecule has 4 heterocycles. The second-order valence-electron chi connectivity index (χ2n) is 5.90. The highest BCUT2D eigenvalue weighted by atomic mass is 35.5. The van der Waals surface area contributed by atoms with Crippen molar-refractivity contribution in [2.24, 2.45) is 0 Å². The molecule has 26 heavy (non-hydrogen) atoms. The molecule has 0 atom stereocenters. The molecule has 0 radical (unpaired) electrons. The number of thiazole rings is 1. The van der Waals surface area contributed by atoms with E-state index in [2.05, 4.69) is 38.2 Å². The molecule has 0 aliphatic carbocycles. The molecule has 5 nitrogen and oxygen atoms in total. The van der Waals surface area contributed by atoms with Gasteiger partial charge in [-0.25, -0.2) is 15.0 Å². The Labute approximate surface area is 169 Å². The van der Waals surface area contributed by atoms with Crippen LogP contribution in [0.1, 0.15) is 17.7 Å². The number of pyridine rings is 2. The van der Waals surface area contributed by atoms with Crippen molar-refractivity contribution in [2.75, 3.05) is 23.3 Å². The molecule has 1 aliphatic rings. The normalized spacial score (nSPS) is 13.0. The fraction of sp³-hybridized carbons (Fsp3) is 0.278. The van der Waals surface area contributed by atoms with Crippen molar-refractivity contribution in [1.82, 2.24) is 15.0 Å². The maximum absolute atomic E-state index is 4.64. The molecule has 0 unspecified atom stereocenters. The summed E-state index contributed by atoms with van der Waals surface area (Å²) >= 11 is 1.65. The van der Waals surface area contributed by atoms with Gasteiger partial charge >= 0.3 is 0 Å². The first-order valence-corrected chi connectivity index (χ1v) is 8.97. The minimum absolute atomic E-state index is 0. The van der Waals surface area contributed by atoms with Crippen molar-refractivity contribution in [2.45, 2.75) is 19.8 Å². The molecule has 0 saturated carbocycles. The Balaban J connectivity index is 0.00000121. The lowest BCUT2D eigenvalue weighted by atomic mass is 10.3. The van der Waals surface area contributed by atoms with E-state index >= 15 is 0 Å². The topological polar surface area (TPSA) is 53.9 Å². The van der Waals surface area contributed by atoms with Gasteiger partial charge in [0.2, 0.25) is 0 Å². The number of hydrogen-bond acceptors (Lipinski definition) is 6. The number of nitrogens with zero attached hydrogens (tertiary/aromatic N) is 4. The van der Waals surface area contributed by atoms with Crippen LogP contribution in [-0.4, -0.2) is 28.0 Å². The molecular formula is C18H21Cl2N5S. The Morgan fingerprint density at radius 1 is 0.962 bits per heavy atom. The molecule has 138 valence electrons. The van der Waals surface area contributed by atoms with E-state index in [-0.39, 0.29) is 24.8 Å². The molecule has 1 saturated heterocycles. The van der Waals surface area contributed by atoms with Crippen molar-refractivity contribution in [3.63, 3.8) is 0 Å². The summed E-state index contributed by atoms with van der Waals surface area (Å²) in [7, 11) is 0. The molecule has 1 N–H and O–H groups in total. The zero-order valence-corrected chi connectivity index (χ0v) is 16.8. The molecule has 0 amide bonds. The number of anilines is 3. The second-order valence-corrected chi connectivity index (χ2v) is 7.14. The molecule has 1 fully saturated rings. The molecule has 8 heteroatoms. The summed E-state index contributed by atoms with van der Waals surface area (Å²) in [5.74, 6) is 1.58. The van der Waals surface area contributed by atoms with E-state index in [1.807, 2.05) is 36.7 Å². The van der Waals surface area contributed by atoms with Crippen LogP contribution in [-0.2, 0) is 0 Å². The standard InChI is InChI=1S/C18H19N5S.2ClH/c1-13-11-20-18(24-13)15-5-4-6-17(21-15)22-16-8-7-14(12-19-16)23-9-2-3-10-23;;/h4-8,11-12H,2-3,9-10H2,1H3,(H,19,21,22);2*1H. The summed E-state index contributed by atoms with van der Waals surface area (Å²) in [6.45, 7) is 4.31. The fourth-order valence-corrected chi connectivity index (χ4v) is 3.58. The maximum Gasteiger partial charge on any atom is 0.142 e. The quantitative estimate of drug-likeness (QED) is 0.649. The van der Waals surface area contributed by atoms with Gasteiger partial charge in [0.15, 0.2) is 0 Å². The molecule has 0 bridgehead atoms. The average molecular weight is 410 g/mol. The van der Waals surface area contributed by atoms with Crippen LogP contribution in [0.5, 0.6) is 0 Å². The van der Waals surface area contributed by atoms with Crippen molar-refractivity contribution in [3.05, 3.63) is 47.6 Å². The maximum atomic E-state index is 4.64. The highest BCUT2D eigenvalue weighted by Gasteiger charge is 2.12. The second kappa shape index (κ2) is 9.16. The van der Waals surface area contributed by atoms with Crippen LogP contribution >= 0.6 is 36.2 Å². The lowest BCUT2D eigenvalue weighted by Crippen LogP contribution is -2.17. The minimum Gasteiger partial charge on any atom is -0.370 e. The Kier molecular flexibility index (Phi) is 7.20. The third-order valence-electron chi connectivity index (χ3n) is 4.06. The van der Waals surface area contributed by atoms with Gasteiger partial charge in [-0.3, -0.25) is 0 Å². The van der Waals surface area contributed by atoms with Crippen LogP contribution in [0, 0.1) is 6.92 Å². The van der Waals surface area contributed by atoms with Crippen LogP contribution in [0.25, 0.3) is 10.7 Å². The van der Waals surface area contributed by atoms with E-state index in [0.29, 0.717) is 0 Å². The first-order valence-electron chi connectivity index (χ1n) is 8.16. The van der Waals surface area contributed by atoms with Crippen LogP contribution in [0.4, 0.5) is 17.3 Å². The van der Waals surface area contributed by atoms with Gasteiger partial charge < -0.3 is 10.2 Å². The highest BCUT2D eigenvalue weighted by Crippen LogP contribution is 2.25. The Bertz CT molecular complexity index is 832. The van der Waals surface area contributed by atoms with Gasteiger partial charge in [-0.2, -0.15) is 0 Å². The summed E-state index contributed by atoms with van der Waals surface area (Å²) in [5, 5.41) is 4.21. The van der Waals surface area contributed by atoms with Gasteiger partial charge in [0.1, 0.15) is 22.3 Å². The number of rotatable bonds is 4. The van der Waals surface area contributed by atoms with Crippen molar-refractivity contribution >= 4 is 53.5 Å². The van der Waals surface area contributed by atoms with Crippen LogP contribution in [0.2, 0.25) is 0 Å². The lowest BCUT2D eigenvalue weighted by molar-refractivity contribution is 0.949. The van der Waals surface area contributed by atoms with Crippen LogP contribution in [0.15, 0.2) is 42.7 Å². The van der Waals surface area contributed by atoms with E-state index in [1.54, 1.807) is 11.3 Å². The van der Waals surface area contributed by atoms with Crippen molar-refractivity contribution in [3.8, 4) is 10.7 Å². The van der Waals surface area contributed by atoms with Gasteiger partial charge in [0, 0.05) is 24.2 Å². The van der Waals surface area contributed by atoms with E-state index in [4.69, 9.17) is 0 Å². The molecule has 3 aromatic rings. The van der Waals surface area contributed by atoms with Crippen molar-refractivity contribution in [1.29, 1.82) is 0 Å². The average Bonchev–Trinajstić information content (AvgIpc) is 3.28. The van der Waals surface area contributed by atoms with Gasteiger partial charge in [0.25, 0.3) is 0 Å². The first-order chi connectivity index (χ1) is 11.8. The van der Waals surface area contributed by atoms with E-state index < -0.39 is 0 Å². The van der Waals surface area contributed by atoms with E-state index in [9.17, 15) is 0 Å². The number of aryl methyl sites for hydroxylation is 1. The minimum atomic E-state index is 0. The zero-order valence-electron chi connectivity index (χ0n) is 14.4. The third-order valence-corrected chi connectivity index (χ3v) is 5.00. The Hall–Kier alpha value is -1.89. The number of aromatic nitrogens is 3.